The normalized spacial score (nSPS) is 15.4. The number of nitrogens with two attached hydrogens (primary N) is 1. The molecule has 0 heterocycles. The highest BCUT2D eigenvalue weighted by Crippen LogP contribution is 2.34. The third-order valence-corrected chi connectivity index (χ3v) is 2.67. The molecule has 2 N–H and O–H groups in total. The van der Waals surface area contributed by atoms with Crippen LogP contribution in [0.1, 0.15) is 11.1 Å². The maximum absolute atomic E-state index is 5.89. The van der Waals surface area contributed by atoms with Crippen LogP contribution in [-0.4, -0.2) is 20.3 Å². The number of methoxy groups -OCH3 is 2. The molecular formula is C11H15NO2. The zero-order chi connectivity index (χ0) is 10.1. The topological polar surface area (TPSA) is 44.5 Å². The van der Waals surface area contributed by atoms with E-state index in [2.05, 4.69) is 0 Å². The van der Waals surface area contributed by atoms with Crippen LogP contribution in [0.4, 0.5) is 0 Å². The second-order valence-electron chi connectivity index (χ2n) is 3.64. The Morgan fingerprint density at radius 2 is 1.50 bits per heavy atom. The third-order valence-electron chi connectivity index (χ3n) is 2.67. The lowest BCUT2D eigenvalue weighted by Crippen LogP contribution is -2.18. The van der Waals surface area contributed by atoms with Gasteiger partial charge < -0.3 is 15.2 Å². The van der Waals surface area contributed by atoms with Gasteiger partial charge in [-0.25, -0.2) is 0 Å². The molecule has 1 aromatic rings. The number of rotatable bonds is 2. The lowest BCUT2D eigenvalue weighted by molar-refractivity contribution is 0.354. The van der Waals surface area contributed by atoms with E-state index in [0.717, 1.165) is 24.3 Å². The van der Waals surface area contributed by atoms with Crippen LogP contribution in [0.5, 0.6) is 11.5 Å². The fourth-order valence-electron chi connectivity index (χ4n) is 1.98. The van der Waals surface area contributed by atoms with E-state index in [-0.39, 0.29) is 6.04 Å². The van der Waals surface area contributed by atoms with Gasteiger partial charge in [0.1, 0.15) is 0 Å². The fraction of sp³-hybridized carbons (Fsp3) is 0.455. The van der Waals surface area contributed by atoms with Crippen molar-refractivity contribution in [2.24, 2.45) is 5.73 Å². The van der Waals surface area contributed by atoms with Crippen LogP contribution in [-0.2, 0) is 12.8 Å². The predicted octanol–water partition coefficient (Wildman–Crippen LogP) is 1.13. The molecule has 0 unspecified atom stereocenters. The number of ether oxygens (including phenoxy) is 2. The Labute approximate surface area is 83.8 Å². The molecule has 1 aliphatic rings. The van der Waals surface area contributed by atoms with Gasteiger partial charge in [0.15, 0.2) is 11.5 Å². The molecule has 14 heavy (non-hydrogen) atoms. The van der Waals surface area contributed by atoms with Crippen LogP contribution in [0.25, 0.3) is 0 Å². The van der Waals surface area contributed by atoms with Gasteiger partial charge >= 0.3 is 0 Å². The first-order valence-electron chi connectivity index (χ1n) is 4.74. The molecule has 0 saturated heterocycles. The van der Waals surface area contributed by atoms with Gasteiger partial charge in [0, 0.05) is 6.04 Å². The van der Waals surface area contributed by atoms with Crippen molar-refractivity contribution < 1.29 is 9.47 Å². The number of fused-ring (bicyclic) bond motifs is 1. The fourth-order valence-corrected chi connectivity index (χ4v) is 1.98. The lowest BCUT2D eigenvalue weighted by atomic mass is 10.1. The Balaban J connectivity index is 2.43. The minimum Gasteiger partial charge on any atom is -0.493 e. The second-order valence-corrected chi connectivity index (χ2v) is 3.64. The zero-order valence-electron chi connectivity index (χ0n) is 8.54. The van der Waals surface area contributed by atoms with Crippen molar-refractivity contribution >= 4 is 0 Å². The largest absolute Gasteiger partial charge is 0.493 e. The summed E-state index contributed by atoms with van der Waals surface area (Å²) in [4.78, 5) is 0. The van der Waals surface area contributed by atoms with Crippen LogP contribution in [0.3, 0.4) is 0 Å². The van der Waals surface area contributed by atoms with Gasteiger partial charge in [-0.05, 0) is 36.1 Å². The first kappa shape index (κ1) is 9.34. The molecule has 0 radical (unpaired) electrons. The van der Waals surface area contributed by atoms with Gasteiger partial charge in [0.25, 0.3) is 0 Å². The average Bonchev–Trinajstić information content (AvgIpc) is 2.54. The van der Waals surface area contributed by atoms with Gasteiger partial charge in [0.05, 0.1) is 14.2 Å². The Morgan fingerprint density at radius 3 is 1.86 bits per heavy atom. The summed E-state index contributed by atoms with van der Waals surface area (Å²) in [5.41, 5.74) is 8.46. The predicted molar refractivity (Wildman–Crippen MR) is 54.9 cm³/mol. The maximum Gasteiger partial charge on any atom is 0.161 e. The minimum absolute atomic E-state index is 0.252. The summed E-state index contributed by atoms with van der Waals surface area (Å²) in [6.07, 6.45) is 1.88. The molecule has 0 bridgehead atoms. The monoisotopic (exact) mass is 193 g/mol. The van der Waals surface area contributed by atoms with Crippen molar-refractivity contribution in [3.8, 4) is 11.5 Å². The highest BCUT2D eigenvalue weighted by atomic mass is 16.5. The molecule has 2 rings (SSSR count). The summed E-state index contributed by atoms with van der Waals surface area (Å²) in [5.74, 6) is 1.58. The average molecular weight is 193 g/mol. The molecular weight excluding hydrogens is 178 g/mol. The molecule has 0 spiro atoms. The molecule has 0 atom stereocenters. The van der Waals surface area contributed by atoms with E-state index in [9.17, 15) is 0 Å². The van der Waals surface area contributed by atoms with Crippen molar-refractivity contribution in [3.05, 3.63) is 23.3 Å². The number of hydrogen-bond donors (Lipinski definition) is 1. The van der Waals surface area contributed by atoms with Crippen LogP contribution in [0, 0.1) is 0 Å². The van der Waals surface area contributed by atoms with E-state index in [1.807, 2.05) is 12.1 Å². The molecule has 0 aliphatic heterocycles. The standard InChI is InChI=1S/C11H15NO2/c1-13-10-5-7-3-9(12)4-8(7)6-11(10)14-2/h5-6,9H,3-4,12H2,1-2H3. The van der Waals surface area contributed by atoms with Gasteiger partial charge in [-0.15, -0.1) is 0 Å². The van der Waals surface area contributed by atoms with E-state index in [1.165, 1.54) is 11.1 Å². The van der Waals surface area contributed by atoms with Crippen LogP contribution in [0.15, 0.2) is 12.1 Å². The summed E-state index contributed by atoms with van der Waals surface area (Å²) in [7, 11) is 3.30. The number of benzene rings is 1. The Hall–Kier alpha value is -1.22. The molecule has 0 aromatic heterocycles. The Morgan fingerprint density at radius 1 is 1.07 bits per heavy atom. The summed E-state index contributed by atoms with van der Waals surface area (Å²) in [6.45, 7) is 0. The van der Waals surface area contributed by atoms with Gasteiger partial charge in [0.2, 0.25) is 0 Å². The van der Waals surface area contributed by atoms with Crippen molar-refractivity contribution in [3.63, 3.8) is 0 Å². The molecule has 0 amide bonds. The second kappa shape index (κ2) is 3.50. The molecule has 76 valence electrons. The van der Waals surface area contributed by atoms with Crippen molar-refractivity contribution in [2.45, 2.75) is 18.9 Å². The lowest BCUT2D eigenvalue weighted by Gasteiger charge is -2.09. The Bertz CT molecular complexity index is 316. The molecule has 0 saturated carbocycles. The summed E-state index contributed by atoms with van der Waals surface area (Å²) < 4.78 is 10.5. The van der Waals surface area contributed by atoms with Crippen LogP contribution >= 0.6 is 0 Å². The highest BCUT2D eigenvalue weighted by Gasteiger charge is 2.20. The minimum atomic E-state index is 0.252. The van der Waals surface area contributed by atoms with E-state index in [0.29, 0.717) is 0 Å². The van der Waals surface area contributed by atoms with E-state index in [4.69, 9.17) is 15.2 Å². The van der Waals surface area contributed by atoms with Gasteiger partial charge in [-0.3, -0.25) is 0 Å². The third kappa shape index (κ3) is 1.44. The van der Waals surface area contributed by atoms with Gasteiger partial charge in [-0.1, -0.05) is 0 Å². The summed E-state index contributed by atoms with van der Waals surface area (Å²) >= 11 is 0. The SMILES string of the molecule is COc1cc2c(cc1OC)CC(N)C2. The van der Waals surface area contributed by atoms with E-state index >= 15 is 0 Å². The summed E-state index contributed by atoms with van der Waals surface area (Å²) in [5, 5.41) is 0. The van der Waals surface area contributed by atoms with Crippen LogP contribution in [0.2, 0.25) is 0 Å². The highest BCUT2D eigenvalue weighted by molar-refractivity contribution is 5.49. The van der Waals surface area contributed by atoms with Crippen molar-refractivity contribution in [1.29, 1.82) is 0 Å². The quantitative estimate of drug-likeness (QED) is 0.765. The zero-order valence-corrected chi connectivity index (χ0v) is 8.54. The maximum atomic E-state index is 5.89. The molecule has 3 nitrogen and oxygen atoms in total. The Kier molecular flexibility index (Phi) is 2.33. The summed E-state index contributed by atoms with van der Waals surface area (Å²) in [6, 6.07) is 4.31. The van der Waals surface area contributed by atoms with E-state index in [1.54, 1.807) is 14.2 Å². The first-order chi connectivity index (χ1) is 6.74. The molecule has 3 heteroatoms. The smallest absolute Gasteiger partial charge is 0.161 e. The van der Waals surface area contributed by atoms with Gasteiger partial charge in [-0.2, -0.15) is 0 Å². The molecule has 0 fully saturated rings. The van der Waals surface area contributed by atoms with Crippen molar-refractivity contribution in [1.82, 2.24) is 0 Å². The number of hydrogen-bond acceptors (Lipinski definition) is 3. The van der Waals surface area contributed by atoms with E-state index < -0.39 is 0 Å². The van der Waals surface area contributed by atoms with Crippen LogP contribution < -0.4 is 15.2 Å². The first-order valence-corrected chi connectivity index (χ1v) is 4.74. The molecule has 1 aromatic carbocycles. The van der Waals surface area contributed by atoms with Crippen molar-refractivity contribution in [2.75, 3.05) is 14.2 Å². The molecule has 1 aliphatic carbocycles.